The molecule has 1 aliphatic heterocycles. The third kappa shape index (κ3) is 2.89. The van der Waals surface area contributed by atoms with Crippen molar-refractivity contribution in [3.8, 4) is 0 Å². The summed E-state index contributed by atoms with van der Waals surface area (Å²) < 4.78 is 2.05. The van der Waals surface area contributed by atoms with E-state index < -0.39 is 0 Å². The Labute approximate surface area is 114 Å². The van der Waals surface area contributed by atoms with Gasteiger partial charge in [-0.3, -0.25) is 0 Å². The summed E-state index contributed by atoms with van der Waals surface area (Å²) in [6.07, 6.45) is 5.80. The summed E-state index contributed by atoms with van der Waals surface area (Å²) >= 11 is 0. The number of rotatable bonds is 4. The Bertz CT molecular complexity index is 540. The molecule has 102 valence electrons. The standard InChI is InChI=1S/C15H22N4/c1-19-11-18-14-9-13(4-5-15(14)19)17-8-6-12-3-2-7-16-10-12/h4-5,9,11-12,16-17H,2-3,6-8,10H2,1H3. The van der Waals surface area contributed by atoms with Crippen LogP contribution in [0.25, 0.3) is 11.0 Å². The zero-order valence-electron chi connectivity index (χ0n) is 11.5. The molecule has 0 saturated carbocycles. The molecule has 3 rings (SSSR count). The number of aromatic nitrogens is 2. The maximum atomic E-state index is 4.39. The number of nitrogens with one attached hydrogen (secondary N) is 2. The van der Waals surface area contributed by atoms with Gasteiger partial charge in [-0.15, -0.1) is 0 Å². The molecule has 2 heterocycles. The number of fused-ring (bicyclic) bond motifs is 1. The van der Waals surface area contributed by atoms with Crippen LogP contribution >= 0.6 is 0 Å². The SMILES string of the molecule is Cn1cnc2cc(NCCC3CCCNC3)ccc21. The monoisotopic (exact) mass is 258 g/mol. The number of piperidine rings is 1. The fraction of sp³-hybridized carbons (Fsp3) is 0.533. The summed E-state index contributed by atoms with van der Waals surface area (Å²) in [5.41, 5.74) is 3.42. The van der Waals surface area contributed by atoms with Crippen molar-refractivity contribution in [3.05, 3.63) is 24.5 Å². The number of aryl methyl sites for hydroxylation is 1. The first kappa shape index (κ1) is 12.5. The van der Waals surface area contributed by atoms with Gasteiger partial charge in [0.1, 0.15) is 0 Å². The molecule has 1 unspecified atom stereocenters. The van der Waals surface area contributed by atoms with Crippen molar-refractivity contribution in [2.24, 2.45) is 13.0 Å². The number of hydrogen-bond donors (Lipinski definition) is 2. The lowest BCUT2D eigenvalue weighted by Crippen LogP contribution is -2.30. The Hall–Kier alpha value is -1.55. The van der Waals surface area contributed by atoms with E-state index in [-0.39, 0.29) is 0 Å². The van der Waals surface area contributed by atoms with Crippen LogP contribution in [0, 0.1) is 5.92 Å². The second-order valence-electron chi connectivity index (χ2n) is 5.49. The van der Waals surface area contributed by atoms with Gasteiger partial charge in [-0.2, -0.15) is 0 Å². The first-order valence-electron chi connectivity index (χ1n) is 7.18. The number of hydrogen-bond acceptors (Lipinski definition) is 3. The lowest BCUT2D eigenvalue weighted by atomic mass is 9.96. The van der Waals surface area contributed by atoms with Gasteiger partial charge in [-0.05, 0) is 56.5 Å². The first-order valence-corrected chi connectivity index (χ1v) is 7.18. The van der Waals surface area contributed by atoms with Crippen LogP contribution in [0.2, 0.25) is 0 Å². The van der Waals surface area contributed by atoms with Gasteiger partial charge in [0.2, 0.25) is 0 Å². The Balaban J connectivity index is 1.56. The Kier molecular flexibility index (Phi) is 3.69. The van der Waals surface area contributed by atoms with Crippen LogP contribution in [0.3, 0.4) is 0 Å². The molecule has 1 fully saturated rings. The molecule has 1 aromatic heterocycles. The molecule has 1 aromatic carbocycles. The van der Waals surface area contributed by atoms with Crippen molar-refractivity contribution in [2.75, 3.05) is 25.0 Å². The molecule has 1 saturated heterocycles. The predicted octanol–water partition coefficient (Wildman–Crippen LogP) is 2.37. The Morgan fingerprint density at radius 2 is 2.42 bits per heavy atom. The van der Waals surface area contributed by atoms with Gasteiger partial charge < -0.3 is 15.2 Å². The fourth-order valence-electron chi connectivity index (χ4n) is 2.84. The molecule has 4 heteroatoms. The van der Waals surface area contributed by atoms with Crippen LogP contribution in [0.1, 0.15) is 19.3 Å². The summed E-state index contributed by atoms with van der Waals surface area (Å²) in [6, 6.07) is 6.41. The van der Waals surface area contributed by atoms with Crippen LogP contribution in [-0.2, 0) is 7.05 Å². The normalized spacial score (nSPS) is 19.7. The first-order chi connectivity index (χ1) is 9.33. The van der Waals surface area contributed by atoms with Gasteiger partial charge in [0.05, 0.1) is 17.4 Å². The van der Waals surface area contributed by atoms with Crippen molar-refractivity contribution < 1.29 is 0 Å². The molecule has 2 aromatic rings. The van der Waals surface area contributed by atoms with Crippen molar-refractivity contribution in [1.82, 2.24) is 14.9 Å². The third-order valence-corrected chi connectivity index (χ3v) is 4.01. The maximum Gasteiger partial charge on any atom is 0.0955 e. The average Bonchev–Trinajstić information content (AvgIpc) is 2.81. The minimum absolute atomic E-state index is 0.833. The van der Waals surface area contributed by atoms with E-state index in [1.807, 2.05) is 17.9 Å². The summed E-state index contributed by atoms with van der Waals surface area (Å²) in [5, 5.41) is 6.99. The lowest BCUT2D eigenvalue weighted by molar-refractivity contribution is 0.364. The third-order valence-electron chi connectivity index (χ3n) is 4.01. The predicted molar refractivity (Wildman–Crippen MR) is 79.4 cm³/mol. The molecule has 0 amide bonds. The van der Waals surface area contributed by atoms with Gasteiger partial charge in [0.15, 0.2) is 0 Å². The highest BCUT2D eigenvalue weighted by Crippen LogP contribution is 2.18. The minimum Gasteiger partial charge on any atom is -0.385 e. The van der Waals surface area contributed by atoms with Gasteiger partial charge >= 0.3 is 0 Å². The second-order valence-corrected chi connectivity index (χ2v) is 5.49. The van der Waals surface area contributed by atoms with E-state index in [1.165, 1.54) is 43.6 Å². The van der Waals surface area contributed by atoms with Crippen LogP contribution in [0.4, 0.5) is 5.69 Å². The molecular weight excluding hydrogens is 236 g/mol. The van der Waals surface area contributed by atoms with E-state index in [0.717, 1.165) is 18.0 Å². The summed E-state index contributed by atoms with van der Waals surface area (Å²) in [4.78, 5) is 4.39. The van der Waals surface area contributed by atoms with Crippen LogP contribution in [0.15, 0.2) is 24.5 Å². The van der Waals surface area contributed by atoms with Gasteiger partial charge in [-0.1, -0.05) is 0 Å². The molecule has 0 aliphatic carbocycles. The van der Waals surface area contributed by atoms with Crippen LogP contribution in [0.5, 0.6) is 0 Å². The highest BCUT2D eigenvalue weighted by molar-refractivity contribution is 5.79. The zero-order valence-corrected chi connectivity index (χ0v) is 11.5. The summed E-state index contributed by atoms with van der Waals surface area (Å²) in [6.45, 7) is 3.42. The van der Waals surface area contributed by atoms with E-state index >= 15 is 0 Å². The van der Waals surface area contributed by atoms with Crippen molar-refractivity contribution in [3.63, 3.8) is 0 Å². The quantitative estimate of drug-likeness (QED) is 0.884. The number of nitrogens with zero attached hydrogens (tertiary/aromatic N) is 2. The Morgan fingerprint density at radius 1 is 1.47 bits per heavy atom. The van der Waals surface area contributed by atoms with Gasteiger partial charge in [-0.25, -0.2) is 4.98 Å². The maximum absolute atomic E-state index is 4.39. The fourth-order valence-corrected chi connectivity index (χ4v) is 2.84. The topological polar surface area (TPSA) is 41.9 Å². The summed E-state index contributed by atoms with van der Waals surface area (Å²) in [7, 11) is 2.03. The molecule has 0 spiro atoms. The van der Waals surface area contributed by atoms with E-state index in [0.29, 0.717) is 0 Å². The number of benzene rings is 1. The average molecular weight is 258 g/mol. The molecular formula is C15H22N4. The number of anilines is 1. The molecule has 0 bridgehead atoms. The summed E-state index contributed by atoms with van der Waals surface area (Å²) in [5.74, 6) is 0.833. The van der Waals surface area contributed by atoms with Gasteiger partial charge in [0.25, 0.3) is 0 Å². The molecule has 2 N–H and O–H groups in total. The molecule has 1 aliphatic rings. The second kappa shape index (κ2) is 5.61. The molecule has 0 radical (unpaired) electrons. The number of imidazole rings is 1. The smallest absolute Gasteiger partial charge is 0.0955 e. The molecule has 1 atom stereocenters. The largest absolute Gasteiger partial charge is 0.385 e. The van der Waals surface area contributed by atoms with E-state index in [2.05, 4.69) is 33.8 Å². The van der Waals surface area contributed by atoms with Gasteiger partial charge in [0, 0.05) is 19.3 Å². The van der Waals surface area contributed by atoms with E-state index in [9.17, 15) is 0 Å². The van der Waals surface area contributed by atoms with Crippen LogP contribution < -0.4 is 10.6 Å². The highest BCUT2D eigenvalue weighted by atomic mass is 15.0. The zero-order chi connectivity index (χ0) is 13.1. The lowest BCUT2D eigenvalue weighted by Gasteiger charge is -2.22. The minimum atomic E-state index is 0.833. The van der Waals surface area contributed by atoms with E-state index in [1.54, 1.807) is 0 Å². The highest BCUT2D eigenvalue weighted by Gasteiger charge is 2.12. The Morgan fingerprint density at radius 3 is 3.26 bits per heavy atom. The van der Waals surface area contributed by atoms with Crippen molar-refractivity contribution >= 4 is 16.7 Å². The van der Waals surface area contributed by atoms with Crippen molar-refractivity contribution in [2.45, 2.75) is 19.3 Å². The molecule has 19 heavy (non-hydrogen) atoms. The molecule has 4 nitrogen and oxygen atoms in total. The van der Waals surface area contributed by atoms with E-state index in [4.69, 9.17) is 0 Å². The van der Waals surface area contributed by atoms with Crippen molar-refractivity contribution in [1.29, 1.82) is 0 Å². The van der Waals surface area contributed by atoms with Crippen LogP contribution in [-0.4, -0.2) is 29.2 Å².